The Morgan fingerprint density at radius 2 is 2.00 bits per heavy atom. The molecule has 0 aliphatic heterocycles. The summed E-state index contributed by atoms with van der Waals surface area (Å²) in [6.07, 6.45) is 2.82. The molecule has 3 atom stereocenters. The van der Waals surface area contributed by atoms with Crippen LogP contribution in [0.4, 0.5) is 0 Å². The molecule has 0 amide bonds. The predicted molar refractivity (Wildman–Crippen MR) is 42.6 cm³/mol. The maximum atomic E-state index is 5.83. The van der Waals surface area contributed by atoms with Gasteiger partial charge in [0.2, 0.25) is 0 Å². The van der Waals surface area contributed by atoms with Gasteiger partial charge in [0, 0.05) is 6.04 Å². The Balaban J connectivity index is 2.04. The van der Waals surface area contributed by atoms with E-state index in [0.29, 0.717) is 16.9 Å². The third kappa shape index (κ3) is 0.572. The van der Waals surface area contributed by atoms with E-state index in [0.717, 1.165) is 5.92 Å². The number of hydrogen-bond donors (Lipinski definition) is 1. The van der Waals surface area contributed by atoms with Gasteiger partial charge in [0.15, 0.2) is 0 Å². The minimum Gasteiger partial charge on any atom is -0.328 e. The zero-order valence-electron chi connectivity index (χ0n) is 7.15. The van der Waals surface area contributed by atoms with Crippen molar-refractivity contribution in [3.05, 3.63) is 0 Å². The van der Waals surface area contributed by atoms with Gasteiger partial charge < -0.3 is 5.73 Å². The third-order valence-electron chi connectivity index (χ3n) is 3.75. The lowest BCUT2D eigenvalue weighted by molar-refractivity contribution is 0.483. The molecule has 0 aromatic rings. The van der Waals surface area contributed by atoms with E-state index < -0.39 is 0 Å². The van der Waals surface area contributed by atoms with Crippen LogP contribution < -0.4 is 5.73 Å². The highest BCUT2D eigenvalue weighted by molar-refractivity contribution is 5.24. The lowest BCUT2D eigenvalue weighted by Crippen LogP contribution is -2.19. The van der Waals surface area contributed by atoms with Crippen molar-refractivity contribution in [2.24, 2.45) is 22.5 Å². The second-order valence-electron chi connectivity index (χ2n) is 4.89. The molecule has 2 saturated carbocycles. The molecule has 1 spiro atoms. The lowest BCUT2D eigenvalue weighted by Gasteiger charge is -2.04. The maximum absolute atomic E-state index is 5.83. The van der Waals surface area contributed by atoms with E-state index in [9.17, 15) is 0 Å². The van der Waals surface area contributed by atoms with Crippen LogP contribution in [0.15, 0.2) is 0 Å². The van der Waals surface area contributed by atoms with E-state index in [1.807, 2.05) is 0 Å². The first-order valence-electron chi connectivity index (χ1n) is 4.25. The van der Waals surface area contributed by atoms with Gasteiger partial charge in [-0.05, 0) is 36.5 Å². The fourth-order valence-electron chi connectivity index (χ4n) is 2.75. The van der Waals surface area contributed by atoms with Gasteiger partial charge in [0.25, 0.3) is 0 Å². The molecule has 0 aromatic carbocycles. The van der Waals surface area contributed by atoms with Crippen LogP contribution in [0.1, 0.15) is 33.6 Å². The quantitative estimate of drug-likeness (QED) is 0.588. The highest BCUT2D eigenvalue weighted by Gasteiger charge is 2.75. The van der Waals surface area contributed by atoms with Crippen LogP contribution in [0, 0.1) is 16.7 Å². The molecule has 1 heteroatoms. The second-order valence-corrected chi connectivity index (χ2v) is 4.89. The summed E-state index contributed by atoms with van der Waals surface area (Å²) in [4.78, 5) is 0. The molecule has 1 nitrogen and oxygen atoms in total. The second kappa shape index (κ2) is 1.42. The van der Waals surface area contributed by atoms with E-state index in [2.05, 4.69) is 20.8 Å². The number of nitrogens with two attached hydrogens (primary N) is 1. The number of rotatable bonds is 1. The van der Waals surface area contributed by atoms with Crippen molar-refractivity contribution >= 4 is 0 Å². The van der Waals surface area contributed by atoms with E-state index in [4.69, 9.17) is 5.73 Å². The predicted octanol–water partition coefficient (Wildman–Crippen LogP) is 1.77. The molecule has 10 heavy (non-hydrogen) atoms. The Morgan fingerprint density at radius 1 is 1.50 bits per heavy atom. The van der Waals surface area contributed by atoms with Gasteiger partial charge in [-0.25, -0.2) is 0 Å². The minimum absolute atomic E-state index is 0.432. The molecule has 2 aliphatic rings. The summed E-state index contributed by atoms with van der Waals surface area (Å²) in [5.74, 6) is 0.850. The molecule has 2 fully saturated rings. The summed E-state index contributed by atoms with van der Waals surface area (Å²) in [6.45, 7) is 6.89. The highest BCUT2D eigenvalue weighted by Crippen LogP contribution is 2.81. The van der Waals surface area contributed by atoms with Crippen molar-refractivity contribution in [1.82, 2.24) is 0 Å². The summed E-state index contributed by atoms with van der Waals surface area (Å²) in [6, 6.07) is 0.432. The topological polar surface area (TPSA) is 26.0 Å². The van der Waals surface area contributed by atoms with Crippen molar-refractivity contribution in [1.29, 1.82) is 0 Å². The van der Waals surface area contributed by atoms with Gasteiger partial charge in [0.1, 0.15) is 0 Å². The molecule has 0 radical (unpaired) electrons. The Kier molecular flexibility index (Phi) is 0.949. The van der Waals surface area contributed by atoms with Gasteiger partial charge in [-0.15, -0.1) is 0 Å². The van der Waals surface area contributed by atoms with Crippen LogP contribution in [-0.2, 0) is 0 Å². The molecule has 0 bridgehead atoms. The van der Waals surface area contributed by atoms with Crippen molar-refractivity contribution < 1.29 is 0 Å². The average Bonchev–Trinajstić information content (AvgIpc) is 2.51. The van der Waals surface area contributed by atoms with Crippen LogP contribution in [0.2, 0.25) is 0 Å². The minimum atomic E-state index is 0.432. The molecule has 2 rings (SSSR count). The fraction of sp³-hybridized carbons (Fsp3) is 1.00. The Hall–Kier alpha value is -0.0400. The van der Waals surface area contributed by atoms with Gasteiger partial charge >= 0.3 is 0 Å². The molecular weight excluding hydrogens is 122 g/mol. The average molecular weight is 139 g/mol. The summed E-state index contributed by atoms with van der Waals surface area (Å²) in [5.41, 5.74) is 7.17. The highest BCUT2D eigenvalue weighted by atomic mass is 14.8. The maximum Gasteiger partial charge on any atom is 0.00444 e. The summed E-state index contributed by atoms with van der Waals surface area (Å²) in [7, 11) is 0. The zero-order valence-corrected chi connectivity index (χ0v) is 7.15. The largest absolute Gasteiger partial charge is 0.328 e. The first-order chi connectivity index (χ1) is 4.50. The third-order valence-corrected chi connectivity index (χ3v) is 3.75. The Bertz CT molecular complexity index is 172. The van der Waals surface area contributed by atoms with E-state index in [1.54, 1.807) is 0 Å². The van der Waals surface area contributed by atoms with Crippen molar-refractivity contribution in [2.75, 3.05) is 0 Å². The summed E-state index contributed by atoms with van der Waals surface area (Å²) in [5, 5.41) is 0. The molecular formula is C9H17N. The molecule has 58 valence electrons. The normalized spacial score (nSPS) is 51.0. The summed E-state index contributed by atoms with van der Waals surface area (Å²) >= 11 is 0. The van der Waals surface area contributed by atoms with Crippen LogP contribution in [0.3, 0.4) is 0 Å². The standard InChI is InChI=1S/C9H17N/c1-6(10)7-4-9(7)5-8(9,2)3/h6-7H,4-5,10H2,1-3H3. The lowest BCUT2D eigenvalue weighted by atomic mass is 10.0. The fourth-order valence-corrected chi connectivity index (χ4v) is 2.75. The Morgan fingerprint density at radius 3 is 2.10 bits per heavy atom. The molecule has 2 N–H and O–H groups in total. The monoisotopic (exact) mass is 139 g/mol. The first kappa shape index (κ1) is 6.66. The summed E-state index contributed by atoms with van der Waals surface area (Å²) < 4.78 is 0. The van der Waals surface area contributed by atoms with Gasteiger partial charge in [-0.1, -0.05) is 13.8 Å². The van der Waals surface area contributed by atoms with Gasteiger partial charge in [-0.3, -0.25) is 0 Å². The van der Waals surface area contributed by atoms with Crippen molar-refractivity contribution in [3.8, 4) is 0 Å². The van der Waals surface area contributed by atoms with Crippen molar-refractivity contribution in [2.45, 2.75) is 39.7 Å². The first-order valence-corrected chi connectivity index (χ1v) is 4.25. The van der Waals surface area contributed by atoms with E-state index in [-0.39, 0.29) is 0 Å². The van der Waals surface area contributed by atoms with Gasteiger partial charge in [0.05, 0.1) is 0 Å². The zero-order chi connectivity index (χ0) is 7.57. The van der Waals surface area contributed by atoms with Crippen LogP contribution >= 0.6 is 0 Å². The van der Waals surface area contributed by atoms with Crippen LogP contribution in [0.25, 0.3) is 0 Å². The molecule has 3 unspecified atom stereocenters. The van der Waals surface area contributed by atoms with Crippen LogP contribution in [-0.4, -0.2) is 6.04 Å². The molecule has 2 aliphatic carbocycles. The van der Waals surface area contributed by atoms with E-state index in [1.165, 1.54) is 12.8 Å². The van der Waals surface area contributed by atoms with Crippen molar-refractivity contribution in [3.63, 3.8) is 0 Å². The molecule has 0 heterocycles. The smallest absolute Gasteiger partial charge is 0.00444 e. The Labute approximate surface area is 63.0 Å². The SMILES string of the molecule is CC(N)C1CC12CC2(C)C. The molecule has 0 aromatic heterocycles. The number of hydrogen-bond acceptors (Lipinski definition) is 1. The van der Waals surface area contributed by atoms with Crippen LogP contribution in [0.5, 0.6) is 0 Å². The van der Waals surface area contributed by atoms with E-state index >= 15 is 0 Å². The van der Waals surface area contributed by atoms with Gasteiger partial charge in [-0.2, -0.15) is 0 Å². The molecule has 0 saturated heterocycles.